The van der Waals surface area contributed by atoms with Gasteiger partial charge in [0.25, 0.3) is 0 Å². The summed E-state index contributed by atoms with van der Waals surface area (Å²) in [6.07, 6.45) is 2.19. The molecule has 0 spiro atoms. The van der Waals surface area contributed by atoms with E-state index < -0.39 is 4.87 Å². The Morgan fingerprint density at radius 1 is 0.878 bits per heavy atom. The van der Waals surface area contributed by atoms with Crippen molar-refractivity contribution in [1.82, 2.24) is 4.90 Å². The van der Waals surface area contributed by atoms with Gasteiger partial charge in [0.15, 0.2) is 4.87 Å². The lowest BCUT2D eigenvalue weighted by Gasteiger charge is -2.44. The zero-order valence-corrected chi connectivity index (χ0v) is 24.0. The summed E-state index contributed by atoms with van der Waals surface area (Å²) in [7, 11) is 0. The highest BCUT2D eigenvalue weighted by Crippen LogP contribution is 2.49. The number of esters is 1. The van der Waals surface area contributed by atoms with Gasteiger partial charge in [0.2, 0.25) is 5.91 Å². The molecule has 208 valence electrons. The predicted octanol–water partition coefficient (Wildman–Crippen LogP) is 6.98. The molecule has 2 saturated heterocycles. The molecule has 4 aromatic rings. The fourth-order valence-corrected chi connectivity index (χ4v) is 7.61. The average Bonchev–Trinajstić information content (AvgIpc) is 3.47. The van der Waals surface area contributed by atoms with Gasteiger partial charge in [-0.05, 0) is 53.0 Å². The molecule has 0 radical (unpaired) electrons. The molecule has 7 rings (SSSR count). The Hall–Kier alpha value is -4.03. The van der Waals surface area contributed by atoms with E-state index in [0.717, 1.165) is 17.7 Å². The van der Waals surface area contributed by atoms with Crippen molar-refractivity contribution in [2.45, 2.75) is 49.2 Å². The number of fused-ring (bicyclic) bond motifs is 3. The van der Waals surface area contributed by atoms with Gasteiger partial charge < -0.3 is 15.0 Å². The van der Waals surface area contributed by atoms with E-state index in [-0.39, 0.29) is 30.1 Å². The van der Waals surface area contributed by atoms with Gasteiger partial charge in [0.05, 0.1) is 0 Å². The summed E-state index contributed by atoms with van der Waals surface area (Å²) in [5.74, 6) is 0.598. The third-order valence-corrected chi connectivity index (χ3v) is 9.54. The molecule has 2 unspecified atom stereocenters. The second-order valence-electron chi connectivity index (χ2n) is 10.6. The molecule has 0 aliphatic carbocycles. The van der Waals surface area contributed by atoms with Gasteiger partial charge in [-0.3, -0.25) is 4.79 Å². The van der Waals surface area contributed by atoms with Crippen LogP contribution in [0, 0.1) is 0 Å². The minimum Gasteiger partial charge on any atom is -0.458 e. The van der Waals surface area contributed by atoms with Gasteiger partial charge in [0, 0.05) is 18.2 Å². The number of β-lactam (4-membered cyclic amide) rings is 1. The Morgan fingerprint density at radius 3 is 2.07 bits per heavy atom. The largest absolute Gasteiger partial charge is 0.458 e. The molecule has 4 aromatic carbocycles. The third-order valence-electron chi connectivity index (χ3n) is 8.21. The summed E-state index contributed by atoms with van der Waals surface area (Å²) < 4.78 is 5.52. The first-order valence-corrected chi connectivity index (χ1v) is 15.2. The van der Waals surface area contributed by atoms with Crippen molar-refractivity contribution in [2.75, 3.05) is 11.1 Å². The van der Waals surface area contributed by atoms with Crippen LogP contribution in [0.4, 0.5) is 5.69 Å². The summed E-state index contributed by atoms with van der Waals surface area (Å²) in [5, 5.41) is 3.70. The van der Waals surface area contributed by atoms with Gasteiger partial charge in [-0.25, -0.2) is 4.79 Å². The van der Waals surface area contributed by atoms with Crippen molar-refractivity contribution in [2.24, 2.45) is 0 Å². The normalized spacial score (nSPS) is 21.1. The molecule has 3 aliphatic rings. The maximum absolute atomic E-state index is 12.6. The molecule has 0 saturated carbocycles. The minimum absolute atomic E-state index is 0.0788. The van der Waals surface area contributed by atoms with E-state index in [1.807, 2.05) is 37.3 Å². The molecule has 2 fully saturated rings. The number of rotatable bonds is 7. The topological polar surface area (TPSA) is 58.6 Å². The van der Waals surface area contributed by atoms with E-state index in [0.29, 0.717) is 12.8 Å². The molecule has 3 heterocycles. The molecule has 41 heavy (non-hydrogen) atoms. The summed E-state index contributed by atoms with van der Waals surface area (Å²) in [4.78, 5) is 25.5. The molecule has 1 amide bonds. The molecule has 3 aliphatic heterocycles. The van der Waals surface area contributed by atoms with Crippen LogP contribution in [0.2, 0.25) is 0 Å². The third kappa shape index (κ3) is 4.91. The smallest absolute Gasteiger partial charge is 0.343 e. The fraction of sp³-hybridized carbons (Fsp3) is 0.257. The molecular weight excluding hydrogens is 528 g/mol. The maximum atomic E-state index is 12.6. The quantitative estimate of drug-likeness (QED) is 0.195. The minimum atomic E-state index is -0.788. The zero-order chi connectivity index (χ0) is 28.3. The number of carbonyl (C=O) groups is 2. The SMILES string of the molecule is CCSC1(C(=O)OCc2ccccc2)CCC2CC(=O)N21.c1ccc(C2(c3ccccc3)Nc3cccc2c3)cc1. The van der Waals surface area contributed by atoms with Crippen molar-refractivity contribution < 1.29 is 14.3 Å². The van der Waals surface area contributed by atoms with E-state index in [9.17, 15) is 9.59 Å². The number of thioether (sulfide) groups is 1. The van der Waals surface area contributed by atoms with E-state index in [1.54, 1.807) is 4.90 Å². The lowest BCUT2D eigenvalue weighted by atomic mass is 9.79. The van der Waals surface area contributed by atoms with E-state index >= 15 is 0 Å². The van der Waals surface area contributed by atoms with Crippen molar-refractivity contribution >= 4 is 29.3 Å². The first-order chi connectivity index (χ1) is 20.1. The van der Waals surface area contributed by atoms with Crippen LogP contribution in [0.25, 0.3) is 0 Å². The Labute approximate surface area is 245 Å². The number of amides is 1. The van der Waals surface area contributed by atoms with Gasteiger partial charge in [-0.2, -0.15) is 0 Å². The highest BCUT2D eigenvalue weighted by atomic mass is 32.2. The van der Waals surface area contributed by atoms with Crippen molar-refractivity contribution in [3.05, 3.63) is 138 Å². The number of nitrogens with zero attached hydrogens (tertiary/aromatic N) is 1. The van der Waals surface area contributed by atoms with Crippen molar-refractivity contribution in [3.63, 3.8) is 0 Å². The van der Waals surface area contributed by atoms with E-state index in [4.69, 9.17) is 4.74 Å². The van der Waals surface area contributed by atoms with Crippen LogP contribution in [-0.2, 0) is 26.5 Å². The molecule has 5 nitrogen and oxygen atoms in total. The monoisotopic (exact) mass is 562 g/mol. The molecule has 0 aromatic heterocycles. The lowest BCUT2D eigenvalue weighted by molar-refractivity contribution is -0.163. The fourth-order valence-electron chi connectivity index (χ4n) is 6.31. The molecule has 2 atom stereocenters. The van der Waals surface area contributed by atoms with Crippen LogP contribution in [0.3, 0.4) is 0 Å². The summed E-state index contributed by atoms with van der Waals surface area (Å²) in [6, 6.07) is 39.8. The highest BCUT2D eigenvalue weighted by molar-refractivity contribution is 8.01. The van der Waals surface area contributed by atoms with Crippen LogP contribution in [0.15, 0.2) is 115 Å². The van der Waals surface area contributed by atoms with Crippen LogP contribution in [-0.4, -0.2) is 33.4 Å². The number of carbonyl (C=O) groups excluding carboxylic acids is 2. The first kappa shape index (κ1) is 27.2. The highest BCUT2D eigenvalue weighted by Gasteiger charge is 2.60. The number of nitrogens with one attached hydrogen (secondary N) is 1. The summed E-state index contributed by atoms with van der Waals surface area (Å²) in [6.45, 7) is 2.27. The van der Waals surface area contributed by atoms with Crippen LogP contribution in [0.5, 0.6) is 0 Å². The Kier molecular flexibility index (Phi) is 7.59. The second-order valence-corrected chi connectivity index (χ2v) is 12.2. The molecule has 1 N–H and O–H groups in total. The number of hydrogen-bond acceptors (Lipinski definition) is 5. The van der Waals surface area contributed by atoms with Gasteiger partial charge in [-0.1, -0.05) is 110 Å². The Balaban J connectivity index is 0.000000148. The number of ether oxygens (including phenoxy) is 1. The van der Waals surface area contributed by atoms with Gasteiger partial charge in [0.1, 0.15) is 12.1 Å². The standard InChI is InChI=1S/C19H15N.C16H19NO3S/c1-3-8-15(9-4-1)19(16-10-5-2-6-11-16)17-12-7-13-18(14-17)20-19;1-2-21-16(9-8-13-10-14(18)17(13)16)15(19)20-11-12-6-4-3-5-7-12/h1-14,20H;3-7,13H,2,8-11H2,1H3. The van der Waals surface area contributed by atoms with Gasteiger partial charge >= 0.3 is 5.97 Å². The number of hydrogen-bond donors (Lipinski definition) is 1. The van der Waals surface area contributed by atoms with E-state index in [1.165, 1.54) is 34.1 Å². The van der Waals surface area contributed by atoms with Crippen LogP contribution in [0.1, 0.15) is 48.4 Å². The second kappa shape index (κ2) is 11.5. The maximum Gasteiger partial charge on any atom is 0.343 e. The summed E-state index contributed by atoms with van der Waals surface area (Å²) >= 11 is 1.53. The Morgan fingerprint density at radius 2 is 1.49 bits per heavy atom. The van der Waals surface area contributed by atoms with Crippen LogP contribution >= 0.6 is 11.8 Å². The lowest BCUT2D eigenvalue weighted by Crippen LogP contribution is -2.61. The van der Waals surface area contributed by atoms with Gasteiger partial charge in [-0.15, -0.1) is 11.8 Å². The van der Waals surface area contributed by atoms with E-state index in [2.05, 4.69) is 90.2 Å². The Bertz CT molecular complexity index is 1470. The number of anilines is 1. The van der Waals surface area contributed by atoms with Crippen molar-refractivity contribution in [3.8, 4) is 0 Å². The zero-order valence-electron chi connectivity index (χ0n) is 23.2. The molecule has 2 bridgehead atoms. The van der Waals surface area contributed by atoms with Crippen molar-refractivity contribution in [1.29, 1.82) is 0 Å². The molecule has 6 heteroatoms. The average molecular weight is 563 g/mol. The number of benzene rings is 4. The summed E-state index contributed by atoms with van der Waals surface area (Å²) in [5.41, 5.74) is 5.72. The predicted molar refractivity (Wildman–Crippen MR) is 164 cm³/mol. The van der Waals surface area contributed by atoms with Crippen LogP contribution < -0.4 is 5.32 Å². The first-order valence-electron chi connectivity index (χ1n) is 14.2. The molecular formula is C35H34N2O3S.